The van der Waals surface area contributed by atoms with E-state index in [2.05, 4.69) is 5.10 Å². The molecule has 76 valence electrons. The zero-order valence-corrected chi connectivity index (χ0v) is 8.21. The van der Waals surface area contributed by atoms with Crippen molar-refractivity contribution in [2.24, 2.45) is 7.05 Å². The first-order valence-corrected chi connectivity index (χ1v) is 4.22. The van der Waals surface area contributed by atoms with E-state index in [1.165, 1.54) is 4.68 Å². The highest BCUT2D eigenvalue weighted by Crippen LogP contribution is 2.00. The van der Waals surface area contributed by atoms with Crippen molar-refractivity contribution in [3.05, 3.63) is 18.0 Å². The topological polar surface area (TPSA) is 85.7 Å². The molecule has 1 rings (SSSR count). The average Bonchev–Trinajstić information content (AvgIpc) is 2.63. The third-order valence-corrected chi connectivity index (χ3v) is 1.74. The summed E-state index contributed by atoms with van der Waals surface area (Å²) in [5, 5.41) is 20.9. The molecule has 0 aliphatic rings. The Hall–Kier alpha value is -2.34. The zero-order chi connectivity index (χ0) is 11.3. The van der Waals surface area contributed by atoms with Crippen molar-refractivity contribution in [2.45, 2.75) is 0 Å². The lowest BCUT2D eigenvalue weighted by Crippen LogP contribution is -2.32. The second-order valence-corrected chi connectivity index (χ2v) is 2.85. The first-order chi connectivity index (χ1) is 7.19. The highest BCUT2D eigenvalue weighted by atomic mass is 16.2. The highest BCUT2D eigenvalue weighted by Gasteiger charge is 2.17. The minimum atomic E-state index is -0.404. The molecule has 0 aliphatic heterocycles. The molecule has 6 heteroatoms. The molecule has 0 radical (unpaired) electrons. The SMILES string of the molecule is Cn1ccc(C(=O)N(CC#N)CC#N)n1. The summed E-state index contributed by atoms with van der Waals surface area (Å²) >= 11 is 0. The highest BCUT2D eigenvalue weighted by molar-refractivity contribution is 5.92. The number of hydrogen-bond donors (Lipinski definition) is 0. The Bertz CT molecular complexity index is 420. The number of carbonyl (C=O) groups excluding carboxylic acids is 1. The molecule has 6 nitrogen and oxygen atoms in total. The van der Waals surface area contributed by atoms with Gasteiger partial charge in [-0.25, -0.2) is 0 Å². The lowest BCUT2D eigenvalue weighted by atomic mass is 10.3. The quantitative estimate of drug-likeness (QED) is 0.642. The van der Waals surface area contributed by atoms with Gasteiger partial charge in [-0.15, -0.1) is 0 Å². The molecular formula is C9H9N5O. The number of hydrogen-bond acceptors (Lipinski definition) is 4. The van der Waals surface area contributed by atoms with Crippen molar-refractivity contribution in [1.82, 2.24) is 14.7 Å². The predicted octanol–water partition coefficient (Wildman–Crippen LogP) is -0.0905. The van der Waals surface area contributed by atoms with E-state index in [-0.39, 0.29) is 18.8 Å². The Morgan fingerprint density at radius 3 is 2.53 bits per heavy atom. The summed E-state index contributed by atoms with van der Waals surface area (Å²) in [7, 11) is 1.69. The Balaban J connectivity index is 2.82. The van der Waals surface area contributed by atoms with E-state index in [1.54, 1.807) is 19.3 Å². The number of aromatic nitrogens is 2. The van der Waals surface area contributed by atoms with Gasteiger partial charge in [0.1, 0.15) is 18.8 Å². The van der Waals surface area contributed by atoms with Gasteiger partial charge in [0.05, 0.1) is 12.1 Å². The van der Waals surface area contributed by atoms with Crippen LogP contribution in [-0.4, -0.2) is 33.7 Å². The molecule has 1 aromatic heterocycles. The second-order valence-electron chi connectivity index (χ2n) is 2.85. The summed E-state index contributed by atoms with van der Waals surface area (Å²) in [5.41, 5.74) is 0.239. The fourth-order valence-corrected chi connectivity index (χ4v) is 1.06. The lowest BCUT2D eigenvalue weighted by Gasteiger charge is -2.13. The van der Waals surface area contributed by atoms with Gasteiger partial charge in [-0.3, -0.25) is 9.48 Å². The number of nitrogens with zero attached hydrogens (tertiary/aromatic N) is 5. The third-order valence-electron chi connectivity index (χ3n) is 1.74. The van der Waals surface area contributed by atoms with E-state index in [0.717, 1.165) is 4.90 Å². The summed E-state index contributed by atoms with van der Waals surface area (Å²) in [5.74, 6) is -0.404. The number of amides is 1. The zero-order valence-electron chi connectivity index (χ0n) is 8.21. The van der Waals surface area contributed by atoms with Crippen molar-refractivity contribution in [3.63, 3.8) is 0 Å². The van der Waals surface area contributed by atoms with Crippen molar-refractivity contribution in [1.29, 1.82) is 10.5 Å². The minimum absolute atomic E-state index is 0.108. The molecule has 0 unspecified atom stereocenters. The number of aryl methyl sites for hydroxylation is 1. The minimum Gasteiger partial charge on any atom is -0.311 e. The molecule has 0 fully saturated rings. The van der Waals surface area contributed by atoms with E-state index < -0.39 is 5.91 Å². The molecule has 1 aromatic rings. The molecule has 1 heterocycles. The van der Waals surface area contributed by atoms with Crippen LogP contribution in [0.4, 0.5) is 0 Å². The lowest BCUT2D eigenvalue weighted by molar-refractivity contribution is 0.0788. The molecule has 0 saturated carbocycles. The number of rotatable bonds is 3. The fraction of sp³-hybridized carbons (Fsp3) is 0.333. The molecular weight excluding hydrogens is 194 g/mol. The van der Waals surface area contributed by atoms with Crippen molar-refractivity contribution in [3.8, 4) is 12.1 Å². The maximum absolute atomic E-state index is 11.7. The fourth-order valence-electron chi connectivity index (χ4n) is 1.06. The van der Waals surface area contributed by atoms with Crippen LogP contribution in [0.1, 0.15) is 10.5 Å². The second kappa shape index (κ2) is 4.77. The van der Waals surface area contributed by atoms with E-state index in [0.29, 0.717) is 0 Å². The van der Waals surface area contributed by atoms with Crippen molar-refractivity contribution in [2.75, 3.05) is 13.1 Å². The van der Waals surface area contributed by atoms with E-state index in [4.69, 9.17) is 10.5 Å². The molecule has 1 amide bonds. The van der Waals surface area contributed by atoms with Crippen LogP contribution in [0.15, 0.2) is 12.3 Å². The Morgan fingerprint density at radius 1 is 1.53 bits per heavy atom. The van der Waals surface area contributed by atoms with Gasteiger partial charge in [0.15, 0.2) is 0 Å². The Labute approximate surface area is 86.9 Å². The molecule has 15 heavy (non-hydrogen) atoms. The van der Waals surface area contributed by atoms with Crippen molar-refractivity contribution >= 4 is 5.91 Å². The summed E-state index contributed by atoms with van der Waals surface area (Å²) < 4.78 is 1.49. The van der Waals surface area contributed by atoms with Crippen LogP contribution in [0.5, 0.6) is 0 Å². The molecule has 0 N–H and O–H groups in total. The Kier molecular flexibility index (Phi) is 3.42. The molecule has 0 spiro atoms. The maximum atomic E-state index is 11.7. The number of carbonyl (C=O) groups is 1. The number of nitriles is 2. The molecule has 0 saturated heterocycles. The van der Waals surface area contributed by atoms with Crippen LogP contribution >= 0.6 is 0 Å². The van der Waals surface area contributed by atoms with E-state index in [1.807, 2.05) is 12.1 Å². The van der Waals surface area contributed by atoms with E-state index >= 15 is 0 Å². The van der Waals surface area contributed by atoms with Gasteiger partial charge in [0.25, 0.3) is 5.91 Å². The molecule has 0 aliphatic carbocycles. The molecule has 0 atom stereocenters. The smallest absolute Gasteiger partial charge is 0.276 e. The molecule has 0 bridgehead atoms. The summed E-state index contributed by atoms with van der Waals surface area (Å²) in [6.07, 6.45) is 1.63. The van der Waals surface area contributed by atoms with Crippen LogP contribution in [0, 0.1) is 22.7 Å². The van der Waals surface area contributed by atoms with Gasteiger partial charge in [0.2, 0.25) is 0 Å². The summed E-state index contributed by atoms with van der Waals surface area (Å²) in [6.45, 7) is -0.216. The maximum Gasteiger partial charge on any atom is 0.276 e. The standard InChI is InChI=1S/C9H9N5O/c1-13-5-2-8(12-13)9(15)14(6-3-10)7-4-11/h2,5H,6-7H2,1H3. The summed E-state index contributed by atoms with van der Waals surface area (Å²) in [6, 6.07) is 5.20. The van der Waals surface area contributed by atoms with Crippen LogP contribution in [0.25, 0.3) is 0 Å². The molecule has 0 aromatic carbocycles. The van der Waals surface area contributed by atoms with Gasteiger partial charge in [0, 0.05) is 13.2 Å². The Morgan fingerprint density at radius 2 is 2.13 bits per heavy atom. The van der Waals surface area contributed by atoms with Gasteiger partial charge in [-0.05, 0) is 6.07 Å². The van der Waals surface area contributed by atoms with Crippen LogP contribution in [0.2, 0.25) is 0 Å². The normalized spacial score (nSPS) is 9.00. The van der Waals surface area contributed by atoms with Gasteiger partial charge < -0.3 is 4.90 Å². The van der Waals surface area contributed by atoms with Crippen LogP contribution < -0.4 is 0 Å². The van der Waals surface area contributed by atoms with Crippen LogP contribution in [-0.2, 0) is 7.05 Å². The average molecular weight is 203 g/mol. The largest absolute Gasteiger partial charge is 0.311 e. The monoisotopic (exact) mass is 203 g/mol. The van der Waals surface area contributed by atoms with E-state index in [9.17, 15) is 4.79 Å². The van der Waals surface area contributed by atoms with Gasteiger partial charge in [-0.2, -0.15) is 15.6 Å². The first-order valence-electron chi connectivity index (χ1n) is 4.22. The van der Waals surface area contributed by atoms with Gasteiger partial charge in [-0.1, -0.05) is 0 Å². The van der Waals surface area contributed by atoms with Gasteiger partial charge >= 0.3 is 0 Å². The van der Waals surface area contributed by atoms with Crippen LogP contribution in [0.3, 0.4) is 0 Å². The summed E-state index contributed by atoms with van der Waals surface area (Å²) in [4.78, 5) is 12.8. The third kappa shape index (κ3) is 2.55. The van der Waals surface area contributed by atoms with Crippen molar-refractivity contribution < 1.29 is 4.79 Å². The first kappa shape index (κ1) is 10.7. The predicted molar refractivity (Wildman–Crippen MR) is 50.3 cm³/mol.